The number of carbonyl (C=O) groups excluding carboxylic acids is 1. The Balaban J connectivity index is 1.60. The second-order valence-electron chi connectivity index (χ2n) is 7.19. The standard InChI is InChI=1S/C22H21BrFN3O2S/c1-14(20(28)15-4-8-17(23)9-5-15)30-22-26-25-21(16-6-10-18(24)11-7-16)27(22)13-19-3-2-12-29-19/h4-11,14,19H,2-3,12-13H2,1H3. The molecule has 1 saturated heterocycles. The van der Waals surface area contributed by atoms with Crippen LogP contribution in [0.2, 0.25) is 0 Å². The number of hydrogen-bond donors (Lipinski definition) is 0. The van der Waals surface area contributed by atoms with Gasteiger partial charge in [-0.15, -0.1) is 10.2 Å². The summed E-state index contributed by atoms with van der Waals surface area (Å²) in [7, 11) is 0. The second-order valence-corrected chi connectivity index (χ2v) is 9.41. The van der Waals surface area contributed by atoms with E-state index >= 15 is 0 Å². The van der Waals surface area contributed by atoms with E-state index in [-0.39, 0.29) is 23.0 Å². The predicted octanol–water partition coefficient (Wildman–Crippen LogP) is 5.39. The van der Waals surface area contributed by atoms with Gasteiger partial charge in [0.05, 0.1) is 17.9 Å². The van der Waals surface area contributed by atoms with Crippen molar-refractivity contribution in [3.05, 3.63) is 64.4 Å². The molecule has 0 N–H and O–H groups in total. The molecule has 2 atom stereocenters. The lowest BCUT2D eigenvalue weighted by Gasteiger charge is -2.16. The molecular weight excluding hydrogens is 469 g/mol. The maximum atomic E-state index is 13.4. The second kappa shape index (κ2) is 9.41. The fourth-order valence-corrected chi connectivity index (χ4v) is 4.61. The fourth-order valence-electron chi connectivity index (χ4n) is 3.41. The molecule has 1 aliphatic heterocycles. The highest BCUT2D eigenvalue weighted by Crippen LogP contribution is 2.30. The molecule has 0 radical (unpaired) electrons. The lowest BCUT2D eigenvalue weighted by molar-refractivity contribution is 0.0953. The monoisotopic (exact) mass is 489 g/mol. The maximum Gasteiger partial charge on any atom is 0.192 e. The van der Waals surface area contributed by atoms with Gasteiger partial charge in [0.15, 0.2) is 16.8 Å². The molecule has 0 bridgehead atoms. The first-order chi connectivity index (χ1) is 14.5. The van der Waals surface area contributed by atoms with E-state index in [1.807, 2.05) is 35.8 Å². The average Bonchev–Trinajstić information content (AvgIpc) is 3.40. The van der Waals surface area contributed by atoms with E-state index in [0.29, 0.717) is 23.1 Å². The first-order valence-corrected chi connectivity index (χ1v) is 11.5. The van der Waals surface area contributed by atoms with Crippen LogP contribution in [0.1, 0.15) is 30.1 Å². The van der Waals surface area contributed by atoms with Gasteiger partial charge in [-0.25, -0.2) is 4.39 Å². The zero-order valence-corrected chi connectivity index (χ0v) is 18.8. The molecule has 0 spiro atoms. The van der Waals surface area contributed by atoms with Crippen molar-refractivity contribution in [1.29, 1.82) is 0 Å². The third kappa shape index (κ3) is 4.82. The Morgan fingerprint density at radius 1 is 1.23 bits per heavy atom. The lowest BCUT2D eigenvalue weighted by atomic mass is 10.1. The van der Waals surface area contributed by atoms with Crippen LogP contribution in [0, 0.1) is 5.82 Å². The van der Waals surface area contributed by atoms with E-state index in [9.17, 15) is 9.18 Å². The number of rotatable bonds is 7. The van der Waals surface area contributed by atoms with Crippen molar-refractivity contribution >= 4 is 33.5 Å². The summed E-state index contributed by atoms with van der Waals surface area (Å²) in [6.45, 7) is 3.22. The third-order valence-electron chi connectivity index (χ3n) is 5.01. The lowest BCUT2D eigenvalue weighted by Crippen LogP contribution is -2.19. The topological polar surface area (TPSA) is 57.0 Å². The highest BCUT2D eigenvalue weighted by molar-refractivity contribution is 9.10. The Hall–Kier alpha value is -2.03. The van der Waals surface area contributed by atoms with Crippen LogP contribution in [0.4, 0.5) is 4.39 Å². The van der Waals surface area contributed by atoms with Gasteiger partial charge in [0.1, 0.15) is 5.82 Å². The number of carbonyl (C=O) groups is 1. The molecule has 30 heavy (non-hydrogen) atoms. The van der Waals surface area contributed by atoms with Crippen molar-refractivity contribution < 1.29 is 13.9 Å². The smallest absolute Gasteiger partial charge is 0.192 e. The molecule has 2 unspecified atom stereocenters. The Kier molecular flexibility index (Phi) is 6.65. The van der Waals surface area contributed by atoms with E-state index in [1.165, 1.54) is 23.9 Å². The van der Waals surface area contributed by atoms with Gasteiger partial charge in [-0.1, -0.05) is 39.8 Å². The zero-order chi connectivity index (χ0) is 21.1. The molecule has 8 heteroatoms. The third-order valence-corrected chi connectivity index (χ3v) is 6.62. The molecule has 1 aliphatic rings. The normalized spacial score (nSPS) is 17.2. The molecule has 0 aliphatic carbocycles. The van der Waals surface area contributed by atoms with E-state index in [0.717, 1.165) is 29.5 Å². The van der Waals surface area contributed by atoms with Crippen LogP contribution in [-0.4, -0.2) is 38.5 Å². The molecule has 3 aromatic rings. The van der Waals surface area contributed by atoms with Crippen molar-refractivity contribution in [3.63, 3.8) is 0 Å². The van der Waals surface area contributed by atoms with Crippen molar-refractivity contribution in [2.24, 2.45) is 0 Å². The van der Waals surface area contributed by atoms with Crippen LogP contribution in [0.3, 0.4) is 0 Å². The number of ether oxygens (including phenoxy) is 1. The summed E-state index contributed by atoms with van der Waals surface area (Å²) in [5.74, 6) is 0.381. The van der Waals surface area contributed by atoms with Gasteiger partial charge in [0.2, 0.25) is 0 Å². The summed E-state index contributed by atoms with van der Waals surface area (Å²) >= 11 is 4.77. The fraction of sp³-hybridized carbons (Fsp3) is 0.318. The summed E-state index contributed by atoms with van der Waals surface area (Å²) in [6.07, 6.45) is 2.08. The number of ketones is 1. The molecule has 1 fully saturated rings. The molecule has 4 rings (SSSR count). The largest absolute Gasteiger partial charge is 0.376 e. The first kappa shape index (κ1) is 21.2. The Morgan fingerprint density at radius 3 is 2.63 bits per heavy atom. The van der Waals surface area contributed by atoms with Gasteiger partial charge >= 0.3 is 0 Å². The molecular formula is C22H21BrFN3O2S. The van der Waals surface area contributed by atoms with Gasteiger partial charge in [0, 0.05) is 22.2 Å². The Morgan fingerprint density at radius 2 is 1.97 bits per heavy atom. The Bertz CT molecular complexity index is 1020. The number of aromatic nitrogens is 3. The Labute approximate surface area is 187 Å². The highest BCUT2D eigenvalue weighted by Gasteiger charge is 2.25. The molecule has 156 valence electrons. The van der Waals surface area contributed by atoms with Crippen LogP contribution in [0.5, 0.6) is 0 Å². The molecule has 0 amide bonds. The van der Waals surface area contributed by atoms with Crippen molar-refractivity contribution in [3.8, 4) is 11.4 Å². The van der Waals surface area contributed by atoms with E-state index in [2.05, 4.69) is 26.1 Å². The van der Waals surface area contributed by atoms with Crippen LogP contribution < -0.4 is 0 Å². The van der Waals surface area contributed by atoms with E-state index in [1.54, 1.807) is 12.1 Å². The van der Waals surface area contributed by atoms with Crippen LogP contribution >= 0.6 is 27.7 Å². The van der Waals surface area contributed by atoms with Crippen molar-refractivity contribution in [2.45, 2.75) is 42.8 Å². The van der Waals surface area contributed by atoms with Crippen LogP contribution in [0.25, 0.3) is 11.4 Å². The van der Waals surface area contributed by atoms with E-state index in [4.69, 9.17) is 4.74 Å². The number of hydrogen-bond acceptors (Lipinski definition) is 5. The van der Waals surface area contributed by atoms with Gasteiger partial charge in [0.25, 0.3) is 0 Å². The van der Waals surface area contributed by atoms with Crippen LogP contribution in [-0.2, 0) is 11.3 Å². The minimum Gasteiger partial charge on any atom is -0.376 e. The molecule has 2 heterocycles. The van der Waals surface area contributed by atoms with Crippen LogP contribution in [0.15, 0.2) is 58.2 Å². The van der Waals surface area contributed by atoms with E-state index < -0.39 is 0 Å². The highest BCUT2D eigenvalue weighted by atomic mass is 79.9. The zero-order valence-electron chi connectivity index (χ0n) is 16.4. The first-order valence-electron chi connectivity index (χ1n) is 9.78. The maximum absolute atomic E-state index is 13.4. The summed E-state index contributed by atoms with van der Waals surface area (Å²) in [5.41, 5.74) is 1.43. The van der Waals surface area contributed by atoms with Gasteiger partial charge in [-0.05, 0) is 56.2 Å². The quantitative estimate of drug-likeness (QED) is 0.329. The van der Waals surface area contributed by atoms with Gasteiger partial charge in [-0.2, -0.15) is 0 Å². The summed E-state index contributed by atoms with van der Waals surface area (Å²) < 4.78 is 22.1. The van der Waals surface area contributed by atoms with Gasteiger partial charge in [-0.3, -0.25) is 9.36 Å². The summed E-state index contributed by atoms with van der Waals surface area (Å²) in [5, 5.41) is 9.03. The molecule has 2 aromatic carbocycles. The van der Waals surface area contributed by atoms with Crippen molar-refractivity contribution in [2.75, 3.05) is 6.61 Å². The molecule has 5 nitrogen and oxygen atoms in total. The minimum atomic E-state index is -0.334. The van der Waals surface area contributed by atoms with Gasteiger partial charge < -0.3 is 4.74 Å². The number of halogens is 2. The number of nitrogens with zero attached hydrogens (tertiary/aromatic N) is 3. The predicted molar refractivity (Wildman–Crippen MR) is 118 cm³/mol. The number of thioether (sulfide) groups is 1. The number of benzene rings is 2. The average molecular weight is 490 g/mol. The minimum absolute atomic E-state index is 0.0301. The molecule has 1 aromatic heterocycles. The molecule has 0 saturated carbocycles. The summed E-state index contributed by atoms with van der Waals surface area (Å²) in [6, 6.07) is 13.5. The summed E-state index contributed by atoms with van der Waals surface area (Å²) in [4.78, 5) is 12.9. The SMILES string of the molecule is CC(Sc1nnc(-c2ccc(F)cc2)n1CC1CCCO1)C(=O)c1ccc(Br)cc1. The van der Waals surface area contributed by atoms with Crippen molar-refractivity contribution in [1.82, 2.24) is 14.8 Å². The number of Topliss-reactive ketones (excluding diaryl/α,β-unsaturated/α-hetero) is 1.